The second-order valence-electron chi connectivity index (χ2n) is 3.59. The average Bonchev–Trinajstić information content (AvgIpc) is 2.85. The monoisotopic (exact) mass is 266 g/mol. The van der Waals surface area contributed by atoms with Gasteiger partial charge in [0, 0.05) is 18.7 Å². The summed E-state index contributed by atoms with van der Waals surface area (Å²) in [5, 5.41) is 6.70. The average molecular weight is 267 g/mol. The molecular weight excluding hydrogens is 256 g/mol. The summed E-state index contributed by atoms with van der Waals surface area (Å²) in [5.74, 6) is 0.254. The van der Waals surface area contributed by atoms with Crippen LogP contribution < -0.4 is 11.1 Å². The van der Waals surface area contributed by atoms with E-state index in [2.05, 4.69) is 20.0 Å². The minimum absolute atomic E-state index is 0.282. The Bertz CT molecular complexity index is 542. The maximum atomic E-state index is 11.8. The van der Waals surface area contributed by atoms with Crippen LogP contribution in [0.3, 0.4) is 0 Å². The summed E-state index contributed by atoms with van der Waals surface area (Å²) in [6.45, 7) is 0.392. The first-order valence-corrected chi connectivity index (χ1v) is 5.63. The number of halogens is 1. The van der Waals surface area contributed by atoms with E-state index in [1.807, 2.05) is 0 Å². The van der Waals surface area contributed by atoms with Gasteiger partial charge in [0.1, 0.15) is 0 Å². The van der Waals surface area contributed by atoms with Crippen molar-refractivity contribution in [3.8, 4) is 0 Å². The Morgan fingerprint density at radius 1 is 1.50 bits per heavy atom. The summed E-state index contributed by atoms with van der Waals surface area (Å²) in [7, 11) is 0. The number of anilines is 1. The predicted octanol–water partition coefficient (Wildman–Crippen LogP) is 1.28. The molecule has 0 atom stereocenters. The number of nitrogens with two attached hydrogens (primary N) is 1. The van der Waals surface area contributed by atoms with Crippen LogP contribution in [0.2, 0.25) is 5.02 Å². The van der Waals surface area contributed by atoms with E-state index >= 15 is 0 Å². The van der Waals surface area contributed by atoms with Crippen molar-refractivity contribution in [1.29, 1.82) is 0 Å². The van der Waals surface area contributed by atoms with E-state index in [0.717, 1.165) is 0 Å². The number of carbonyl (C=O) groups excluding carboxylic acids is 1. The molecule has 0 radical (unpaired) electrons. The van der Waals surface area contributed by atoms with E-state index in [1.165, 1.54) is 12.5 Å². The third kappa shape index (κ3) is 2.98. The van der Waals surface area contributed by atoms with Crippen molar-refractivity contribution in [2.75, 3.05) is 12.3 Å². The molecule has 6 nitrogen and oxygen atoms in total. The molecule has 2 aromatic rings. The zero-order valence-corrected chi connectivity index (χ0v) is 10.1. The molecule has 0 saturated heterocycles. The van der Waals surface area contributed by atoms with Gasteiger partial charge in [-0.2, -0.15) is 4.98 Å². The normalized spacial score (nSPS) is 10.3. The standard InChI is InChI=1S/C11H11ClN4O2/c12-9-2-1-7(13)5-8(9)11(17)14-4-3-10-15-6-18-16-10/h1-2,5-6H,3-4,13H2,(H,14,17). The topological polar surface area (TPSA) is 94.0 Å². The van der Waals surface area contributed by atoms with E-state index < -0.39 is 0 Å². The largest absolute Gasteiger partial charge is 0.399 e. The highest BCUT2D eigenvalue weighted by Gasteiger charge is 2.10. The van der Waals surface area contributed by atoms with Gasteiger partial charge in [-0.15, -0.1) is 0 Å². The van der Waals surface area contributed by atoms with Crippen LogP contribution >= 0.6 is 11.6 Å². The van der Waals surface area contributed by atoms with Crippen LogP contribution in [0.25, 0.3) is 0 Å². The Morgan fingerprint density at radius 2 is 2.33 bits per heavy atom. The van der Waals surface area contributed by atoms with Crippen LogP contribution in [0, 0.1) is 0 Å². The molecule has 0 bridgehead atoms. The van der Waals surface area contributed by atoms with Crippen molar-refractivity contribution in [1.82, 2.24) is 15.5 Å². The van der Waals surface area contributed by atoms with E-state index in [9.17, 15) is 4.79 Å². The highest BCUT2D eigenvalue weighted by atomic mass is 35.5. The number of hydrogen-bond acceptors (Lipinski definition) is 5. The third-order valence-corrected chi connectivity index (χ3v) is 2.61. The lowest BCUT2D eigenvalue weighted by atomic mass is 10.2. The van der Waals surface area contributed by atoms with Gasteiger partial charge in [-0.3, -0.25) is 4.79 Å². The van der Waals surface area contributed by atoms with Crippen LogP contribution in [-0.4, -0.2) is 22.6 Å². The number of carbonyl (C=O) groups is 1. The van der Waals surface area contributed by atoms with Gasteiger partial charge in [0.05, 0.1) is 10.6 Å². The molecule has 0 aliphatic heterocycles. The fourth-order valence-electron chi connectivity index (χ4n) is 1.40. The summed E-state index contributed by atoms with van der Waals surface area (Å²) >= 11 is 5.91. The molecule has 0 saturated carbocycles. The Balaban J connectivity index is 1.93. The molecule has 2 rings (SSSR count). The lowest BCUT2D eigenvalue weighted by Crippen LogP contribution is -2.26. The van der Waals surface area contributed by atoms with Crippen LogP contribution in [0.5, 0.6) is 0 Å². The Labute approximate surface area is 108 Å². The molecule has 18 heavy (non-hydrogen) atoms. The van der Waals surface area contributed by atoms with Crippen molar-refractivity contribution in [3.05, 3.63) is 41.0 Å². The Morgan fingerprint density at radius 3 is 3.06 bits per heavy atom. The maximum absolute atomic E-state index is 11.8. The summed E-state index contributed by atoms with van der Waals surface area (Å²) in [5.41, 5.74) is 6.44. The van der Waals surface area contributed by atoms with Gasteiger partial charge in [0.15, 0.2) is 5.82 Å². The molecular formula is C11H11ClN4O2. The number of amides is 1. The van der Waals surface area contributed by atoms with Gasteiger partial charge in [0.25, 0.3) is 5.91 Å². The van der Waals surface area contributed by atoms with Gasteiger partial charge in [-0.25, -0.2) is 0 Å². The molecule has 1 aromatic heterocycles. The molecule has 0 aliphatic rings. The molecule has 0 fully saturated rings. The first kappa shape index (κ1) is 12.4. The predicted molar refractivity (Wildman–Crippen MR) is 66.2 cm³/mol. The quantitative estimate of drug-likeness (QED) is 0.813. The van der Waals surface area contributed by atoms with E-state index in [-0.39, 0.29) is 5.91 Å². The SMILES string of the molecule is Nc1ccc(Cl)c(C(=O)NCCc2ncon2)c1. The summed E-state index contributed by atoms with van der Waals surface area (Å²) < 4.78 is 4.58. The number of rotatable bonds is 4. The molecule has 1 aromatic carbocycles. The Hall–Kier alpha value is -2.08. The highest BCUT2D eigenvalue weighted by molar-refractivity contribution is 6.34. The number of benzene rings is 1. The second kappa shape index (κ2) is 5.50. The van der Waals surface area contributed by atoms with Gasteiger partial charge < -0.3 is 15.6 Å². The first-order chi connectivity index (χ1) is 8.66. The molecule has 0 spiro atoms. The van der Waals surface area contributed by atoms with Crippen LogP contribution in [0.1, 0.15) is 16.2 Å². The fourth-order valence-corrected chi connectivity index (χ4v) is 1.61. The second-order valence-corrected chi connectivity index (χ2v) is 4.00. The van der Waals surface area contributed by atoms with Gasteiger partial charge in [-0.05, 0) is 18.2 Å². The minimum atomic E-state index is -0.282. The molecule has 3 N–H and O–H groups in total. The van der Waals surface area contributed by atoms with Crippen molar-refractivity contribution < 1.29 is 9.32 Å². The van der Waals surface area contributed by atoms with E-state index in [4.69, 9.17) is 17.3 Å². The number of aromatic nitrogens is 2. The fraction of sp³-hybridized carbons (Fsp3) is 0.182. The summed E-state index contributed by atoms with van der Waals surface area (Å²) in [6, 6.07) is 4.76. The third-order valence-electron chi connectivity index (χ3n) is 2.28. The Kier molecular flexibility index (Phi) is 3.78. The zero-order valence-electron chi connectivity index (χ0n) is 9.39. The van der Waals surface area contributed by atoms with Crippen molar-refractivity contribution in [3.63, 3.8) is 0 Å². The smallest absolute Gasteiger partial charge is 0.252 e. The molecule has 0 aliphatic carbocycles. The van der Waals surface area contributed by atoms with Crippen LogP contribution in [-0.2, 0) is 6.42 Å². The van der Waals surface area contributed by atoms with Crippen molar-refractivity contribution in [2.24, 2.45) is 0 Å². The van der Waals surface area contributed by atoms with Crippen LogP contribution in [0.4, 0.5) is 5.69 Å². The molecule has 1 heterocycles. The molecule has 7 heteroatoms. The zero-order chi connectivity index (χ0) is 13.0. The number of nitrogen functional groups attached to an aromatic ring is 1. The number of nitrogens with one attached hydrogen (secondary N) is 1. The number of nitrogens with zero attached hydrogens (tertiary/aromatic N) is 2. The van der Waals surface area contributed by atoms with Crippen molar-refractivity contribution >= 4 is 23.2 Å². The lowest BCUT2D eigenvalue weighted by Gasteiger charge is -2.06. The van der Waals surface area contributed by atoms with Crippen LogP contribution in [0.15, 0.2) is 29.1 Å². The van der Waals surface area contributed by atoms with Gasteiger partial charge >= 0.3 is 0 Å². The van der Waals surface area contributed by atoms with Gasteiger partial charge in [-0.1, -0.05) is 16.8 Å². The first-order valence-electron chi connectivity index (χ1n) is 5.25. The summed E-state index contributed by atoms with van der Waals surface area (Å²) in [4.78, 5) is 15.7. The van der Waals surface area contributed by atoms with E-state index in [0.29, 0.717) is 35.1 Å². The maximum Gasteiger partial charge on any atom is 0.252 e. The van der Waals surface area contributed by atoms with E-state index in [1.54, 1.807) is 12.1 Å². The summed E-state index contributed by atoms with van der Waals surface area (Å²) in [6.07, 6.45) is 1.73. The molecule has 0 unspecified atom stereocenters. The minimum Gasteiger partial charge on any atom is -0.399 e. The number of hydrogen-bond donors (Lipinski definition) is 2. The van der Waals surface area contributed by atoms with Crippen molar-refractivity contribution in [2.45, 2.75) is 6.42 Å². The molecule has 94 valence electrons. The lowest BCUT2D eigenvalue weighted by molar-refractivity contribution is 0.0954. The van der Waals surface area contributed by atoms with Gasteiger partial charge in [0.2, 0.25) is 6.39 Å². The molecule has 1 amide bonds. The highest BCUT2D eigenvalue weighted by Crippen LogP contribution is 2.18.